The Balaban J connectivity index is 2.62. The second-order valence-corrected chi connectivity index (χ2v) is 6.69. The van der Waals surface area contributed by atoms with Crippen molar-refractivity contribution in [1.82, 2.24) is 4.90 Å². The zero-order valence-electron chi connectivity index (χ0n) is 10.9. The van der Waals surface area contributed by atoms with E-state index in [9.17, 15) is 22.8 Å². The third-order valence-corrected chi connectivity index (χ3v) is 3.66. The SMILES string of the molecule is COC(=O)C1CCCN1C(=O)CC(=O)CS(C)(=O)=O. The van der Waals surface area contributed by atoms with Gasteiger partial charge in [0, 0.05) is 12.8 Å². The van der Waals surface area contributed by atoms with Gasteiger partial charge in [-0.05, 0) is 12.8 Å². The highest BCUT2D eigenvalue weighted by atomic mass is 32.2. The number of amides is 1. The van der Waals surface area contributed by atoms with E-state index in [4.69, 9.17) is 0 Å². The maximum absolute atomic E-state index is 11.9. The molecule has 1 fully saturated rings. The molecular formula is C11H17NO6S. The van der Waals surface area contributed by atoms with Crippen molar-refractivity contribution in [2.24, 2.45) is 0 Å². The lowest BCUT2D eigenvalue weighted by Crippen LogP contribution is -2.42. The number of carbonyl (C=O) groups excluding carboxylic acids is 3. The third-order valence-electron chi connectivity index (χ3n) is 2.82. The molecule has 1 unspecified atom stereocenters. The summed E-state index contributed by atoms with van der Waals surface area (Å²) in [7, 11) is -2.20. The largest absolute Gasteiger partial charge is 0.467 e. The van der Waals surface area contributed by atoms with Gasteiger partial charge in [-0.3, -0.25) is 9.59 Å². The normalized spacial score (nSPS) is 19.3. The molecule has 1 aliphatic rings. The molecule has 0 radical (unpaired) electrons. The monoisotopic (exact) mass is 291 g/mol. The van der Waals surface area contributed by atoms with Gasteiger partial charge in [0.05, 0.1) is 13.5 Å². The quantitative estimate of drug-likeness (QED) is 0.483. The van der Waals surface area contributed by atoms with Crippen LogP contribution in [0.25, 0.3) is 0 Å². The number of hydrogen-bond donors (Lipinski definition) is 0. The molecule has 7 nitrogen and oxygen atoms in total. The Bertz CT molecular complexity index is 483. The fourth-order valence-electron chi connectivity index (χ4n) is 2.06. The number of ether oxygens (including phenoxy) is 1. The van der Waals surface area contributed by atoms with Crippen LogP contribution in [0.3, 0.4) is 0 Å². The summed E-state index contributed by atoms with van der Waals surface area (Å²) in [4.78, 5) is 36.0. The number of likely N-dealkylation sites (tertiary alicyclic amines) is 1. The molecule has 0 saturated carbocycles. The van der Waals surface area contributed by atoms with Crippen LogP contribution in [0.15, 0.2) is 0 Å². The lowest BCUT2D eigenvalue weighted by Gasteiger charge is -2.22. The van der Waals surface area contributed by atoms with E-state index in [1.165, 1.54) is 12.0 Å². The predicted octanol–water partition coefficient (Wildman–Crippen LogP) is -0.846. The third kappa shape index (κ3) is 4.62. The molecule has 1 aliphatic heterocycles. The summed E-state index contributed by atoms with van der Waals surface area (Å²) in [5, 5.41) is 0. The Hall–Kier alpha value is -1.44. The highest BCUT2D eigenvalue weighted by molar-refractivity contribution is 7.91. The van der Waals surface area contributed by atoms with E-state index >= 15 is 0 Å². The average molecular weight is 291 g/mol. The molecule has 1 atom stereocenters. The van der Waals surface area contributed by atoms with E-state index < -0.39 is 45.7 Å². The predicted molar refractivity (Wildman–Crippen MR) is 66.1 cm³/mol. The minimum atomic E-state index is -3.44. The molecule has 19 heavy (non-hydrogen) atoms. The number of methoxy groups -OCH3 is 1. The van der Waals surface area contributed by atoms with Gasteiger partial charge < -0.3 is 9.64 Å². The van der Waals surface area contributed by atoms with Crippen LogP contribution in [0, 0.1) is 0 Å². The summed E-state index contributed by atoms with van der Waals surface area (Å²) >= 11 is 0. The maximum atomic E-state index is 11.9. The van der Waals surface area contributed by atoms with Gasteiger partial charge in [0.2, 0.25) is 5.91 Å². The van der Waals surface area contributed by atoms with Crippen LogP contribution in [0.5, 0.6) is 0 Å². The van der Waals surface area contributed by atoms with Gasteiger partial charge in [0.15, 0.2) is 15.6 Å². The van der Waals surface area contributed by atoms with Crippen molar-refractivity contribution < 1.29 is 27.5 Å². The van der Waals surface area contributed by atoms with Gasteiger partial charge in [0.1, 0.15) is 11.8 Å². The van der Waals surface area contributed by atoms with Gasteiger partial charge >= 0.3 is 5.97 Å². The summed E-state index contributed by atoms with van der Waals surface area (Å²) < 4.78 is 26.5. The zero-order chi connectivity index (χ0) is 14.6. The minimum absolute atomic E-state index is 0.380. The molecule has 0 aromatic heterocycles. The summed E-state index contributed by atoms with van der Waals surface area (Å²) in [6.45, 7) is 0.380. The first-order valence-corrected chi connectivity index (χ1v) is 7.87. The van der Waals surface area contributed by atoms with Crippen LogP contribution in [-0.2, 0) is 29.0 Å². The lowest BCUT2D eigenvalue weighted by molar-refractivity contribution is -0.151. The van der Waals surface area contributed by atoms with Crippen LogP contribution in [-0.4, -0.2) is 62.7 Å². The fourth-order valence-corrected chi connectivity index (χ4v) is 2.75. The molecule has 0 N–H and O–H groups in total. The van der Waals surface area contributed by atoms with Gasteiger partial charge in [0.25, 0.3) is 0 Å². The standard InChI is InChI=1S/C11H17NO6S/c1-18-11(15)9-4-3-5-12(9)10(14)6-8(13)7-19(2,16)17/h9H,3-7H2,1-2H3. The Labute approximate surface area is 111 Å². The summed E-state index contributed by atoms with van der Waals surface area (Å²) in [5.41, 5.74) is 0. The van der Waals surface area contributed by atoms with Crippen LogP contribution >= 0.6 is 0 Å². The fraction of sp³-hybridized carbons (Fsp3) is 0.727. The summed E-state index contributed by atoms with van der Waals surface area (Å²) in [6, 6.07) is -0.663. The Morgan fingerprint density at radius 2 is 1.95 bits per heavy atom. The molecule has 1 amide bonds. The molecule has 0 bridgehead atoms. The molecule has 1 heterocycles. The average Bonchev–Trinajstić information content (AvgIpc) is 2.73. The molecular weight excluding hydrogens is 274 g/mol. The number of sulfone groups is 1. The topological polar surface area (TPSA) is 97.8 Å². The molecule has 0 spiro atoms. The maximum Gasteiger partial charge on any atom is 0.328 e. The van der Waals surface area contributed by atoms with Crippen molar-refractivity contribution in [1.29, 1.82) is 0 Å². The number of esters is 1. The van der Waals surface area contributed by atoms with E-state index in [2.05, 4.69) is 4.74 Å². The first kappa shape index (κ1) is 15.6. The van der Waals surface area contributed by atoms with Crippen LogP contribution in [0.4, 0.5) is 0 Å². The first-order valence-electron chi connectivity index (χ1n) is 5.81. The van der Waals surface area contributed by atoms with Gasteiger partial charge in [-0.1, -0.05) is 0 Å². The van der Waals surface area contributed by atoms with E-state index in [-0.39, 0.29) is 0 Å². The second kappa shape index (κ2) is 6.14. The number of rotatable bonds is 5. The lowest BCUT2D eigenvalue weighted by atomic mass is 10.2. The number of hydrogen-bond acceptors (Lipinski definition) is 6. The van der Waals surface area contributed by atoms with Crippen molar-refractivity contribution in [3.8, 4) is 0 Å². The highest BCUT2D eigenvalue weighted by Crippen LogP contribution is 2.19. The van der Waals surface area contributed by atoms with Crippen LogP contribution < -0.4 is 0 Å². The van der Waals surface area contributed by atoms with E-state index in [1.807, 2.05) is 0 Å². The number of ketones is 1. The van der Waals surface area contributed by atoms with Crippen molar-refractivity contribution in [2.75, 3.05) is 25.7 Å². The molecule has 8 heteroatoms. The highest BCUT2D eigenvalue weighted by Gasteiger charge is 2.35. The van der Waals surface area contributed by atoms with Crippen LogP contribution in [0.2, 0.25) is 0 Å². The molecule has 108 valence electrons. The van der Waals surface area contributed by atoms with Crippen molar-refractivity contribution >= 4 is 27.5 Å². The zero-order valence-corrected chi connectivity index (χ0v) is 11.7. The van der Waals surface area contributed by atoms with Crippen LogP contribution in [0.1, 0.15) is 19.3 Å². The Kier molecular flexibility index (Phi) is 5.04. The van der Waals surface area contributed by atoms with Crippen molar-refractivity contribution in [3.63, 3.8) is 0 Å². The van der Waals surface area contributed by atoms with Gasteiger partial charge in [-0.15, -0.1) is 0 Å². The smallest absolute Gasteiger partial charge is 0.328 e. The minimum Gasteiger partial charge on any atom is -0.467 e. The second-order valence-electron chi connectivity index (χ2n) is 4.55. The van der Waals surface area contributed by atoms with Gasteiger partial charge in [-0.25, -0.2) is 13.2 Å². The summed E-state index contributed by atoms with van der Waals surface area (Å²) in [6.07, 6.45) is 1.59. The van der Waals surface area contributed by atoms with E-state index in [0.29, 0.717) is 19.4 Å². The number of nitrogens with zero attached hydrogens (tertiary/aromatic N) is 1. The first-order chi connectivity index (χ1) is 8.74. The van der Waals surface area contributed by atoms with E-state index in [1.54, 1.807) is 0 Å². The molecule has 0 aliphatic carbocycles. The molecule has 1 rings (SSSR count). The summed E-state index contributed by atoms with van der Waals surface area (Å²) in [5.74, 6) is -2.36. The van der Waals surface area contributed by atoms with Crippen molar-refractivity contribution in [3.05, 3.63) is 0 Å². The number of carbonyl (C=O) groups is 3. The molecule has 1 saturated heterocycles. The van der Waals surface area contributed by atoms with Crippen molar-refractivity contribution in [2.45, 2.75) is 25.3 Å². The Morgan fingerprint density at radius 1 is 1.32 bits per heavy atom. The molecule has 0 aromatic carbocycles. The molecule has 0 aromatic rings. The van der Waals surface area contributed by atoms with Gasteiger partial charge in [-0.2, -0.15) is 0 Å². The van der Waals surface area contributed by atoms with E-state index in [0.717, 1.165) is 6.26 Å². The number of Topliss-reactive ketones (excluding diaryl/α,β-unsaturated/α-hetero) is 1. The Morgan fingerprint density at radius 3 is 2.47 bits per heavy atom.